The van der Waals surface area contributed by atoms with E-state index < -0.39 is 11.7 Å². The lowest BCUT2D eigenvalue weighted by molar-refractivity contribution is -0.137. The van der Waals surface area contributed by atoms with Crippen molar-refractivity contribution in [1.29, 1.82) is 0 Å². The summed E-state index contributed by atoms with van der Waals surface area (Å²) < 4.78 is 49.9. The van der Waals surface area contributed by atoms with Gasteiger partial charge in [-0.15, -0.1) is 11.3 Å². The predicted molar refractivity (Wildman–Crippen MR) is 130 cm³/mol. The van der Waals surface area contributed by atoms with Crippen molar-refractivity contribution in [3.63, 3.8) is 0 Å². The molecule has 0 amide bonds. The number of fused-ring (bicyclic) bond motifs is 1. The lowest BCUT2D eigenvalue weighted by Gasteiger charge is -2.09. The summed E-state index contributed by atoms with van der Waals surface area (Å²) in [4.78, 5) is 33.3. The normalized spacial score (nSPS) is 11.5. The molecule has 37 heavy (non-hydrogen) atoms. The molecule has 5 aromatic rings. The molecule has 0 saturated carbocycles. The van der Waals surface area contributed by atoms with Crippen molar-refractivity contribution in [2.75, 3.05) is 0 Å². The average molecular weight is 523 g/mol. The molecule has 3 aromatic carbocycles. The summed E-state index contributed by atoms with van der Waals surface area (Å²) in [6.45, 7) is 0. The van der Waals surface area contributed by atoms with Gasteiger partial charge in [-0.2, -0.15) is 13.2 Å². The van der Waals surface area contributed by atoms with E-state index in [4.69, 9.17) is 9.15 Å². The summed E-state index contributed by atoms with van der Waals surface area (Å²) in [5, 5.41) is 0.635. The van der Waals surface area contributed by atoms with E-state index in [0.29, 0.717) is 27.6 Å². The van der Waals surface area contributed by atoms with Gasteiger partial charge in [-0.25, -0.2) is 9.97 Å². The molecule has 0 saturated heterocycles. The second-order valence-electron chi connectivity index (χ2n) is 8.14. The van der Waals surface area contributed by atoms with E-state index in [0.717, 1.165) is 22.3 Å². The van der Waals surface area contributed by atoms with Gasteiger partial charge in [0, 0.05) is 18.1 Å². The number of hydrogen-bond donors (Lipinski definition) is 0. The Morgan fingerprint density at radius 3 is 2.43 bits per heavy atom. The highest BCUT2D eigenvalue weighted by Gasteiger charge is 2.30. The molecule has 0 aliphatic carbocycles. The van der Waals surface area contributed by atoms with Gasteiger partial charge in [0.2, 0.25) is 0 Å². The smallest absolute Gasteiger partial charge is 0.416 e. The first-order chi connectivity index (χ1) is 17.7. The van der Waals surface area contributed by atoms with Crippen LogP contribution in [0.2, 0.25) is 0 Å². The first kappa shape index (κ1) is 24.4. The van der Waals surface area contributed by atoms with Crippen LogP contribution in [0.15, 0.2) is 83.8 Å². The lowest BCUT2D eigenvalue weighted by atomic mass is 10.0. The topological polar surface area (TPSA) is 82.3 Å². The number of benzene rings is 3. The van der Waals surface area contributed by atoms with E-state index in [9.17, 15) is 22.8 Å². The van der Waals surface area contributed by atoms with Crippen molar-refractivity contribution in [3.05, 3.63) is 107 Å². The number of nitrogens with zero attached hydrogens (tertiary/aromatic N) is 2. The van der Waals surface area contributed by atoms with Gasteiger partial charge in [-0.3, -0.25) is 9.59 Å². The number of carbonyl (C=O) groups excluding carboxylic acids is 2. The highest BCUT2D eigenvalue weighted by atomic mass is 32.1. The first-order valence-electron chi connectivity index (χ1n) is 11.0. The molecular weight excluding hydrogens is 505 g/mol. The monoisotopic (exact) mass is 522 g/mol. The molecule has 2 aromatic heterocycles. The number of oxazole rings is 1. The van der Waals surface area contributed by atoms with E-state index >= 15 is 0 Å². The number of ketones is 2. The molecule has 0 aliphatic rings. The van der Waals surface area contributed by atoms with E-state index in [1.165, 1.54) is 36.1 Å². The van der Waals surface area contributed by atoms with Gasteiger partial charge in [-0.1, -0.05) is 24.3 Å². The minimum absolute atomic E-state index is 0.0374. The SMILES string of the molecule is O=C(Cc1ccc(C(F)(F)F)cc1)c1cccc(Oc2ccc3nc(CC(=O)c4cocn4)sc3c2)c1. The third-order valence-electron chi connectivity index (χ3n) is 5.47. The molecule has 0 unspecified atom stereocenters. The van der Waals surface area contributed by atoms with Crippen LogP contribution >= 0.6 is 11.3 Å². The van der Waals surface area contributed by atoms with E-state index in [2.05, 4.69) is 9.97 Å². The lowest BCUT2D eigenvalue weighted by Crippen LogP contribution is -2.06. The van der Waals surface area contributed by atoms with Crippen molar-refractivity contribution >= 4 is 33.1 Å². The summed E-state index contributed by atoms with van der Waals surface area (Å²) in [6.07, 6.45) is -1.86. The van der Waals surface area contributed by atoms with Gasteiger partial charge in [0.1, 0.15) is 28.5 Å². The number of ether oxygens (including phenoxy) is 1. The van der Waals surface area contributed by atoms with Crippen LogP contribution in [-0.4, -0.2) is 21.5 Å². The maximum absolute atomic E-state index is 12.8. The van der Waals surface area contributed by atoms with Crippen molar-refractivity contribution in [3.8, 4) is 11.5 Å². The second kappa shape index (κ2) is 9.98. The Balaban J connectivity index is 1.27. The van der Waals surface area contributed by atoms with Crippen molar-refractivity contribution in [1.82, 2.24) is 9.97 Å². The van der Waals surface area contributed by atoms with Crippen molar-refractivity contribution in [2.45, 2.75) is 19.0 Å². The molecule has 0 aliphatic heterocycles. The number of rotatable bonds is 8. The molecule has 0 spiro atoms. The van der Waals surface area contributed by atoms with Gasteiger partial charge in [0.25, 0.3) is 0 Å². The van der Waals surface area contributed by atoms with Gasteiger partial charge < -0.3 is 9.15 Å². The number of halogens is 3. The molecule has 2 heterocycles. The Labute approximate surface area is 212 Å². The molecule has 186 valence electrons. The summed E-state index contributed by atoms with van der Waals surface area (Å²) >= 11 is 1.36. The number of alkyl halides is 3. The molecule has 10 heteroatoms. The molecule has 0 bridgehead atoms. The zero-order chi connectivity index (χ0) is 26.0. The second-order valence-corrected chi connectivity index (χ2v) is 9.25. The highest BCUT2D eigenvalue weighted by Crippen LogP contribution is 2.31. The third-order valence-corrected chi connectivity index (χ3v) is 6.49. The number of thiazole rings is 1. The molecule has 0 radical (unpaired) electrons. The van der Waals surface area contributed by atoms with Crippen LogP contribution in [0, 0.1) is 0 Å². The van der Waals surface area contributed by atoms with Gasteiger partial charge in [-0.05, 0) is 42.0 Å². The standard InChI is InChI=1S/C27H17F3N2O4S/c28-27(29,30)18-6-4-16(5-7-18)10-23(33)17-2-1-3-19(11-17)36-20-8-9-21-25(12-20)37-26(32-21)13-24(34)22-14-35-15-31-22/h1-9,11-12,14-15H,10,13H2. The molecule has 6 nitrogen and oxygen atoms in total. The van der Waals surface area contributed by atoms with E-state index in [1.54, 1.807) is 42.5 Å². The number of carbonyl (C=O) groups is 2. The van der Waals surface area contributed by atoms with Crippen LogP contribution in [-0.2, 0) is 19.0 Å². The Bertz CT molecular complexity index is 1580. The molecule has 0 N–H and O–H groups in total. The van der Waals surface area contributed by atoms with Gasteiger partial charge in [0.05, 0.1) is 22.2 Å². The van der Waals surface area contributed by atoms with E-state index in [1.807, 2.05) is 0 Å². The summed E-state index contributed by atoms with van der Waals surface area (Å²) in [7, 11) is 0. The summed E-state index contributed by atoms with van der Waals surface area (Å²) in [5.41, 5.74) is 1.07. The third kappa shape index (κ3) is 5.75. The molecule has 0 fully saturated rings. The first-order valence-corrected chi connectivity index (χ1v) is 11.8. The Kier molecular flexibility index (Phi) is 6.58. The summed E-state index contributed by atoms with van der Waals surface area (Å²) in [6, 6.07) is 16.5. The van der Waals surface area contributed by atoms with Gasteiger partial charge in [0.15, 0.2) is 18.0 Å². The van der Waals surface area contributed by atoms with Crippen LogP contribution in [0.25, 0.3) is 10.2 Å². The number of Topliss-reactive ketones (excluding diaryl/α,β-unsaturated/α-hetero) is 2. The zero-order valence-electron chi connectivity index (χ0n) is 19.0. The fraction of sp³-hybridized carbons (Fsp3) is 0.111. The Hall–Kier alpha value is -4.31. The van der Waals surface area contributed by atoms with Crippen molar-refractivity contribution in [2.24, 2.45) is 0 Å². The van der Waals surface area contributed by atoms with Crippen LogP contribution in [0.1, 0.15) is 37.0 Å². The van der Waals surface area contributed by atoms with Crippen LogP contribution in [0.4, 0.5) is 13.2 Å². The zero-order valence-corrected chi connectivity index (χ0v) is 19.8. The van der Waals surface area contributed by atoms with Gasteiger partial charge >= 0.3 is 6.18 Å². The van der Waals surface area contributed by atoms with E-state index in [-0.39, 0.29) is 30.1 Å². The Morgan fingerprint density at radius 1 is 0.919 bits per heavy atom. The Morgan fingerprint density at radius 2 is 1.70 bits per heavy atom. The maximum atomic E-state index is 12.8. The van der Waals surface area contributed by atoms with Crippen molar-refractivity contribution < 1.29 is 31.9 Å². The minimum atomic E-state index is -4.42. The fourth-order valence-corrected chi connectivity index (χ4v) is 4.63. The summed E-state index contributed by atoms with van der Waals surface area (Å²) in [5.74, 6) is 0.521. The number of aromatic nitrogens is 2. The molecule has 0 atom stereocenters. The average Bonchev–Trinajstić information content (AvgIpc) is 3.54. The van der Waals surface area contributed by atoms with Crippen LogP contribution in [0.3, 0.4) is 0 Å². The quantitative estimate of drug-likeness (QED) is 0.205. The fourth-order valence-electron chi connectivity index (χ4n) is 3.64. The molecular formula is C27H17F3N2O4S. The maximum Gasteiger partial charge on any atom is 0.416 e. The largest absolute Gasteiger partial charge is 0.457 e. The van der Waals surface area contributed by atoms with Crippen LogP contribution in [0.5, 0.6) is 11.5 Å². The molecule has 5 rings (SSSR count). The predicted octanol–water partition coefficient (Wildman–Crippen LogP) is 6.95. The van der Waals surface area contributed by atoms with Crippen LogP contribution < -0.4 is 4.74 Å². The highest BCUT2D eigenvalue weighted by molar-refractivity contribution is 7.18. The number of hydrogen-bond acceptors (Lipinski definition) is 7. The minimum Gasteiger partial charge on any atom is -0.457 e.